The molecule has 0 bridgehead atoms. The molecular weight excluding hydrogens is 293 g/mol. The smallest absolute Gasteiger partial charge is 0.243 e. The molecule has 2 N–H and O–H groups in total. The molecule has 7 heteroatoms. The molecule has 21 heavy (non-hydrogen) atoms. The van der Waals surface area contributed by atoms with Gasteiger partial charge < -0.3 is 10.6 Å². The van der Waals surface area contributed by atoms with Crippen molar-refractivity contribution in [2.24, 2.45) is 5.92 Å². The van der Waals surface area contributed by atoms with Crippen LogP contribution in [0.2, 0.25) is 0 Å². The number of piperidine rings is 1. The van der Waals surface area contributed by atoms with Crippen molar-refractivity contribution in [3.05, 3.63) is 24.0 Å². The molecule has 1 aliphatic rings. The second-order valence-corrected chi connectivity index (χ2v) is 7.73. The quantitative estimate of drug-likeness (QED) is 0.852. The SMILES string of the molecule is CN(C)CC1CCN(S(=O)(=O)c2ccc(F)c(N)c2)CC1. The summed E-state index contributed by atoms with van der Waals surface area (Å²) in [5, 5.41) is 0. The third kappa shape index (κ3) is 3.72. The lowest BCUT2D eigenvalue weighted by atomic mass is 9.98. The molecule has 0 unspecified atom stereocenters. The van der Waals surface area contributed by atoms with Crippen LogP contribution in [0.5, 0.6) is 0 Å². The third-order valence-electron chi connectivity index (χ3n) is 3.80. The van der Waals surface area contributed by atoms with Crippen molar-refractivity contribution in [3.63, 3.8) is 0 Å². The van der Waals surface area contributed by atoms with Crippen LogP contribution in [-0.2, 0) is 10.0 Å². The largest absolute Gasteiger partial charge is 0.396 e. The Kier molecular flexibility index (Phi) is 4.85. The maximum Gasteiger partial charge on any atom is 0.243 e. The van der Waals surface area contributed by atoms with E-state index in [1.54, 1.807) is 0 Å². The lowest BCUT2D eigenvalue weighted by Crippen LogP contribution is -2.40. The highest BCUT2D eigenvalue weighted by molar-refractivity contribution is 7.89. The van der Waals surface area contributed by atoms with Crippen LogP contribution in [0, 0.1) is 11.7 Å². The van der Waals surface area contributed by atoms with Crippen LogP contribution in [0.3, 0.4) is 0 Å². The molecule has 1 aromatic carbocycles. The van der Waals surface area contributed by atoms with Gasteiger partial charge in [0.05, 0.1) is 10.6 Å². The summed E-state index contributed by atoms with van der Waals surface area (Å²) in [5.41, 5.74) is 5.32. The van der Waals surface area contributed by atoms with Gasteiger partial charge in [-0.2, -0.15) is 4.31 Å². The number of benzene rings is 1. The number of hydrogen-bond acceptors (Lipinski definition) is 4. The van der Waals surface area contributed by atoms with Crippen LogP contribution in [-0.4, -0.2) is 51.4 Å². The highest BCUT2D eigenvalue weighted by atomic mass is 32.2. The maximum atomic E-state index is 13.2. The van der Waals surface area contributed by atoms with Crippen molar-refractivity contribution in [1.29, 1.82) is 0 Å². The lowest BCUT2D eigenvalue weighted by Gasteiger charge is -2.32. The molecule has 0 saturated carbocycles. The van der Waals surface area contributed by atoms with Crippen LogP contribution in [0.15, 0.2) is 23.1 Å². The monoisotopic (exact) mass is 315 g/mol. The van der Waals surface area contributed by atoms with Crippen LogP contribution >= 0.6 is 0 Å². The molecule has 1 fully saturated rings. The second kappa shape index (κ2) is 6.29. The first kappa shape index (κ1) is 16.2. The zero-order chi connectivity index (χ0) is 15.6. The van der Waals surface area contributed by atoms with E-state index in [0.717, 1.165) is 25.5 Å². The van der Waals surface area contributed by atoms with Crippen molar-refractivity contribution in [1.82, 2.24) is 9.21 Å². The van der Waals surface area contributed by atoms with Crippen molar-refractivity contribution >= 4 is 15.7 Å². The molecule has 118 valence electrons. The number of anilines is 1. The number of sulfonamides is 1. The van der Waals surface area contributed by atoms with Gasteiger partial charge in [0, 0.05) is 19.6 Å². The number of rotatable bonds is 4. The summed E-state index contributed by atoms with van der Waals surface area (Å²) in [6.07, 6.45) is 1.68. The second-order valence-electron chi connectivity index (χ2n) is 5.79. The summed E-state index contributed by atoms with van der Waals surface area (Å²) in [6.45, 7) is 1.97. The van der Waals surface area contributed by atoms with Crippen molar-refractivity contribution in [2.45, 2.75) is 17.7 Å². The predicted octanol–water partition coefficient (Wildman–Crippen LogP) is 1.37. The summed E-state index contributed by atoms with van der Waals surface area (Å²) >= 11 is 0. The standard InChI is InChI=1S/C14H22FN3O2S/c1-17(2)10-11-5-7-18(8-6-11)21(19,20)12-3-4-13(15)14(16)9-12/h3-4,9,11H,5-8,10,16H2,1-2H3. The van der Waals surface area contributed by atoms with E-state index in [1.807, 2.05) is 14.1 Å². The molecule has 1 aliphatic heterocycles. The summed E-state index contributed by atoms with van der Waals surface area (Å²) in [4.78, 5) is 2.18. The summed E-state index contributed by atoms with van der Waals surface area (Å²) in [6, 6.07) is 3.56. The average molecular weight is 315 g/mol. The Bertz CT molecular complexity index is 596. The molecule has 0 atom stereocenters. The minimum Gasteiger partial charge on any atom is -0.396 e. The lowest BCUT2D eigenvalue weighted by molar-refractivity contribution is 0.225. The van der Waals surface area contributed by atoms with E-state index in [4.69, 9.17) is 5.73 Å². The van der Waals surface area contributed by atoms with Gasteiger partial charge in [-0.3, -0.25) is 0 Å². The topological polar surface area (TPSA) is 66.6 Å². The predicted molar refractivity (Wildman–Crippen MR) is 80.8 cm³/mol. The molecule has 1 aromatic rings. The fourth-order valence-corrected chi connectivity index (χ4v) is 4.19. The van der Waals surface area contributed by atoms with E-state index in [1.165, 1.54) is 16.4 Å². The first-order valence-electron chi connectivity index (χ1n) is 7.00. The highest BCUT2D eigenvalue weighted by Gasteiger charge is 2.29. The van der Waals surface area contributed by atoms with Gasteiger partial charge in [0.2, 0.25) is 10.0 Å². The van der Waals surface area contributed by atoms with Gasteiger partial charge in [-0.05, 0) is 51.1 Å². The van der Waals surface area contributed by atoms with Crippen LogP contribution in [0.4, 0.5) is 10.1 Å². The molecule has 1 heterocycles. The van der Waals surface area contributed by atoms with Gasteiger partial charge in [-0.25, -0.2) is 12.8 Å². The third-order valence-corrected chi connectivity index (χ3v) is 5.70. The van der Waals surface area contributed by atoms with Gasteiger partial charge in [0.15, 0.2) is 0 Å². The first-order valence-corrected chi connectivity index (χ1v) is 8.44. The Morgan fingerprint density at radius 2 is 1.95 bits per heavy atom. The van der Waals surface area contributed by atoms with Crippen molar-refractivity contribution < 1.29 is 12.8 Å². The summed E-state index contributed by atoms with van der Waals surface area (Å²) in [7, 11) is 0.456. The molecule has 0 radical (unpaired) electrons. The van der Waals surface area contributed by atoms with E-state index in [2.05, 4.69) is 4.90 Å². The Morgan fingerprint density at radius 1 is 1.33 bits per heavy atom. The first-order chi connectivity index (χ1) is 9.80. The van der Waals surface area contributed by atoms with Gasteiger partial charge >= 0.3 is 0 Å². The van der Waals surface area contributed by atoms with Gasteiger partial charge in [0.1, 0.15) is 5.82 Å². The van der Waals surface area contributed by atoms with E-state index in [9.17, 15) is 12.8 Å². The maximum absolute atomic E-state index is 13.2. The molecule has 2 rings (SSSR count). The zero-order valence-corrected chi connectivity index (χ0v) is 13.2. The van der Waals surface area contributed by atoms with Crippen LogP contribution in [0.1, 0.15) is 12.8 Å². The molecular formula is C14H22FN3O2S. The number of nitrogens with zero attached hydrogens (tertiary/aromatic N) is 2. The Balaban J connectivity index is 2.09. The van der Waals surface area contributed by atoms with Crippen molar-refractivity contribution in [3.8, 4) is 0 Å². The number of halogens is 1. The fourth-order valence-electron chi connectivity index (χ4n) is 2.68. The average Bonchev–Trinajstić information content (AvgIpc) is 2.41. The highest BCUT2D eigenvalue weighted by Crippen LogP contribution is 2.25. The molecule has 1 saturated heterocycles. The van der Waals surface area contributed by atoms with Crippen LogP contribution < -0.4 is 5.73 Å². The van der Waals surface area contributed by atoms with Gasteiger partial charge in [0.25, 0.3) is 0 Å². The van der Waals surface area contributed by atoms with Gasteiger partial charge in [-0.15, -0.1) is 0 Å². The Labute approximate surface area is 125 Å². The van der Waals surface area contributed by atoms with E-state index in [0.29, 0.717) is 19.0 Å². The fraction of sp³-hybridized carbons (Fsp3) is 0.571. The van der Waals surface area contributed by atoms with E-state index < -0.39 is 15.8 Å². The number of hydrogen-bond donors (Lipinski definition) is 1. The number of nitrogen functional groups attached to an aromatic ring is 1. The summed E-state index contributed by atoms with van der Waals surface area (Å²) in [5.74, 6) is -0.0802. The van der Waals surface area contributed by atoms with Crippen molar-refractivity contribution in [2.75, 3.05) is 39.5 Å². The van der Waals surface area contributed by atoms with E-state index in [-0.39, 0.29) is 10.6 Å². The Hall–Kier alpha value is -1.18. The minimum atomic E-state index is -3.58. The zero-order valence-electron chi connectivity index (χ0n) is 12.4. The molecule has 5 nitrogen and oxygen atoms in total. The molecule has 0 spiro atoms. The molecule has 0 aliphatic carbocycles. The van der Waals surface area contributed by atoms with Crippen LogP contribution in [0.25, 0.3) is 0 Å². The molecule has 0 amide bonds. The van der Waals surface area contributed by atoms with Gasteiger partial charge in [-0.1, -0.05) is 0 Å². The van der Waals surface area contributed by atoms with E-state index >= 15 is 0 Å². The molecule has 0 aromatic heterocycles. The normalized spacial score (nSPS) is 18.3. The minimum absolute atomic E-state index is 0.0625. The summed E-state index contributed by atoms with van der Waals surface area (Å²) < 4.78 is 39.7. The Morgan fingerprint density at radius 3 is 2.48 bits per heavy atom. The number of nitrogens with two attached hydrogens (primary N) is 1.